The summed E-state index contributed by atoms with van der Waals surface area (Å²) >= 11 is 1.03. The number of carbonyl (C=O) groups is 1. The van der Waals surface area contributed by atoms with E-state index in [0.29, 0.717) is 18.0 Å². The highest BCUT2D eigenvalue weighted by Gasteiger charge is 2.33. The molecule has 168 valence electrons. The number of aromatic nitrogens is 3. The Morgan fingerprint density at radius 2 is 1.91 bits per heavy atom. The number of rotatable bonds is 3. The first-order valence-electron chi connectivity index (χ1n) is 10.6. The molecule has 5 rings (SSSR count). The summed E-state index contributed by atoms with van der Waals surface area (Å²) in [6.45, 7) is 5.01. The van der Waals surface area contributed by atoms with Crippen molar-refractivity contribution in [1.82, 2.24) is 19.1 Å². The van der Waals surface area contributed by atoms with Crippen molar-refractivity contribution in [2.24, 2.45) is 7.05 Å². The molecule has 0 bridgehead atoms. The molecule has 0 radical (unpaired) electrons. The van der Waals surface area contributed by atoms with E-state index in [1.165, 1.54) is 17.7 Å². The number of fused-ring (bicyclic) bond motifs is 1. The Hall–Kier alpha value is -3.39. The normalized spacial score (nSPS) is 15.5. The van der Waals surface area contributed by atoms with Crippen LogP contribution < -0.4 is 0 Å². The van der Waals surface area contributed by atoms with Crippen LogP contribution in [-0.4, -0.2) is 31.5 Å². The molecule has 1 aliphatic rings. The molecule has 1 unspecified atom stereocenters. The highest BCUT2D eigenvalue weighted by molar-refractivity contribution is 7.09. The number of carbonyl (C=O) groups excluding carboxylic acids is 1. The summed E-state index contributed by atoms with van der Waals surface area (Å²) in [6, 6.07) is 13.1. The number of aryl methyl sites for hydroxylation is 2. The Labute approximate surface area is 194 Å². The van der Waals surface area contributed by atoms with Gasteiger partial charge in [-0.1, -0.05) is 24.3 Å². The van der Waals surface area contributed by atoms with Gasteiger partial charge in [-0.25, -0.2) is 8.78 Å². The molecule has 4 aromatic rings. The maximum absolute atomic E-state index is 14.2. The molecule has 1 amide bonds. The van der Waals surface area contributed by atoms with Crippen LogP contribution in [0, 0.1) is 25.5 Å². The lowest BCUT2D eigenvalue weighted by Crippen LogP contribution is -2.39. The average molecular weight is 465 g/mol. The van der Waals surface area contributed by atoms with Crippen molar-refractivity contribution in [1.29, 1.82) is 0 Å². The van der Waals surface area contributed by atoms with Crippen LogP contribution in [0.15, 0.2) is 48.5 Å². The lowest BCUT2D eigenvalue weighted by Gasteiger charge is -2.35. The molecule has 1 atom stereocenters. The van der Waals surface area contributed by atoms with Crippen LogP contribution in [0.2, 0.25) is 0 Å². The molecule has 0 fully saturated rings. The van der Waals surface area contributed by atoms with Crippen molar-refractivity contribution in [3.63, 3.8) is 0 Å². The number of hydrogen-bond donors (Lipinski definition) is 0. The van der Waals surface area contributed by atoms with Gasteiger partial charge in [0.25, 0.3) is 5.91 Å². The van der Waals surface area contributed by atoms with Crippen LogP contribution in [0.1, 0.15) is 44.5 Å². The minimum Gasteiger partial charge on any atom is -0.332 e. The predicted octanol–water partition coefficient (Wildman–Crippen LogP) is 5.23. The number of hydrogen-bond acceptors (Lipinski definition) is 4. The first kappa shape index (κ1) is 21.5. The second-order valence-electron chi connectivity index (χ2n) is 8.35. The Morgan fingerprint density at radius 1 is 1.12 bits per heavy atom. The van der Waals surface area contributed by atoms with Crippen LogP contribution in [-0.2, 0) is 13.6 Å². The van der Waals surface area contributed by atoms with E-state index in [9.17, 15) is 13.6 Å². The molecular formula is C25H22F2N4OS. The lowest BCUT2D eigenvalue weighted by molar-refractivity contribution is 0.0720. The van der Waals surface area contributed by atoms with Crippen LogP contribution >= 0.6 is 11.5 Å². The summed E-state index contributed by atoms with van der Waals surface area (Å²) in [6.07, 6.45) is 0. The summed E-state index contributed by atoms with van der Waals surface area (Å²) in [5.74, 6) is -1.53. The van der Waals surface area contributed by atoms with Crippen LogP contribution in [0.5, 0.6) is 0 Å². The molecule has 0 aliphatic carbocycles. The number of amides is 1. The van der Waals surface area contributed by atoms with Gasteiger partial charge >= 0.3 is 0 Å². The third-order valence-corrected chi connectivity index (χ3v) is 7.14. The minimum absolute atomic E-state index is 0.000231. The van der Waals surface area contributed by atoms with E-state index in [1.807, 2.05) is 43.8 Å². The molecule has 0 saturated heterocycles. The van der Waals surface area contributed by atoms with E-state index in [4.69, 9.17) is 0 Å². The SMILES string of the molecule is Cc1nn(C)c(C)c1C1CN(C(=O)c2cc(-c3ccc(F)cc3F)sn2)Cc2ccccc21. The number of benzene rings is 2. The largest absolute Gasteiger partial charge is 0.332 e. The Morgan fingerprint density at radius 3 is 2.64 bits per heavy atom. The molecule has 8 heteroatoms. The first-order valence-corrected chi connectivity index (χ1v) is 11.4. The van der Waals surface area contributed by atoms with Crippen LogP contribution in [0.25, 0.3) is 10.4 Å². The van der Waals surface area contributed by atoms with Crippen LogP contribution in [0.4, 0.5) is 8.78 Å². The summed E-state index contributed by atoms with van der Waals surface area (Å²) in [7, 11) is 1.93. The van der Waals surface area contributed by atoms with Crippen molar-refractivity contribution in [3.05, 3.63) is 93.9 Å². The van der Waals surface area contributed by atoms with Gasteiger partial charge in [0, 0.05) is 48.9 Å². The smallest absolute Gasteiger partial charge is 0.273 e. The van der Waals surface area contributed by atoms with E-state index >= 15 is 0 Å². The fourth-order valence-electron chi connectivity index (χ4n) is 4.66. The molecule has 0 N–H and O–H groups in total. The first-order chi connectivity index (χ1) is 15.8. The van der Waals surface area contributed by atoms with Crippen molar-refractivity contribution >= 4 is 17.4 Å². The number of halogens is 2. The Balaban J connectivity index is 1.49. The topological polar surface area (TPSA) is 51.0 Å². The monoisotopic (exact) mass is 464 g/mol. The van der Waals surface area contributed by atoms with Gasteiger partial charge in [-0.15, -0.1) is 0 Å². The second-order valence-corrected chi connectivity index (χ2v) is 9.15. The molecule has 0 spiro atoms. The standard InChI is InChI=1S/C25H22F2N4OS/c1-14-24(15(2)30(3)28-14)20-13-31(12-16-6-4-5-7-18(16)20)25(32)22-11-23(33-29-22)19-9-8-17(26)10-21(19)27/h4-11,20H,12-13H2,1-3H3. The molecule has 3 heterocycles. The maximum atomic E-state index is 14.2. The summed E-state index contributed by atoms with van der Waals surface area (Å²) in [4.78, 5) is 15.7. The third kappa shape index (κ3) is 3.74. The zero-order chi connectivity index (χ0) is 23.3. The highest BCUT2D eigenvalue weighted by atomic mass is 32.1. The summed E-state index contributed by atoms with van der Waals surface area (Å²) in [5, 5.41) is 4.58. The highest BCUT2D eigenvalue weighted by Crippen LogP contribution is 2.37. The predicted molar refractivity (Wildman–Crippen MR) is 123 cm³/mol. The molecule has 5 nitrogen and oxygen atoms in total. The van der Waals surface area contributed by atoms with Gasteiger partial charge in [-0.2, -0.15) is 9.47 Å². The van der Waals surface area contributed by atoms with Gasteiger partial charge in [0.1, 0.15) is 17.3 Å². The van der Waals surface area contributed by atoms with Crippen molar-refractivity contribution < 1.29 is 13.6 Å². The molecule has 1 aliphatic heterocycles. The van der Waals surface area contributed by atoms with Crippen LogP contribution in [0.3, 0.4) is 0 Å². The van der Waals surface area contributed by atoms with Gasteiger partial charge < -0.3 is 4.90 Å². The molecule has 2 aromatic carbocycles. The van der Waals surface area contributed by atoms with Crippen molar-refractivity contribution in [2.75, 3.05) is 6.54 Å². The molecular weight excluding hydrogens is 442 g/mol. The second kappa shape index (κ2) is 8.19. The Bertz CT molecular complexity index is 1380. The van der Waals surface area contributed by atoms with E-state index in [2.05, 4.69) is 15.5 Å². The minimum atomic E-state index is -0.674. The third-order valence-electron chi connectivity index (χ3n) is 6.32. The molecule has 0 saturated carbocycles. The van der Waals surface area contributed by atoms with Gasteiger partial charge in [0.15, 0.2) is 0 Å². The fourth-order valence-corrected chi connectivity index (χ4v) is 5.41. The average Bonchev–Trinajstić information content (AvgIpc) is 3.37. The van der Waals surface area contributed by atoms with E-state index in [0.717, 1.165) is 40.1 Å². The van der Waals surface area contributed by atoms with Crippen molar-refractivity contribution in [3.8, 4) is 10.4 Å². The zero-order valence-electron chi connectivity index (χ0n) is 18.5. The molecule has 2 aromatic heterocycles. The summed E-state index contributed by atoms with van der Waals surface area (Å²) in [5.41, 5.74) is 5.94. The quantitative estimate of drug-likeness (QED) is 0.417. The van der Waals surface area contributed by atoms with E-state index in [-0.39, 0.29) is 23.1 Å². The van der Waals surface area contributed by atoms with Gasteiger partial charge in [-0.3, -0.25) is 9.48 Å². The van der Waals surface area contributed by atoms with Gasteiger partial charge in [0.2, 0.25) is 0 Å². The summed E-state index contributed by atoms with van der Waals surface area (Å²) < 4.78 is 33.7. The van der Waals surface area contributed by atoms with E-state index in [1.54, 1.807) is 11.0 Å². The zero-order valence-corrected chi connectivity index (χ0v) is 19.3. The number of nitrogens with zero attached hydrogens (tertiary/aromatic N) is 4. The maximum Gasteiger partial charge on any atom is 0.273 e. The lowest BCUT2D eigenvalue weighted by atomic mass is 9.83. The fraction of sp³-hybridized carbons (Fsp3) is 0.240. The van der Waals surface area contributed by atoms with Gasteiger partial charge in [-0.05, 0) is 54.7 Å². The van der Waals surface area contributed by atoms with Crippen molar-refractivity contribution in [2.45, 2.75) is 26.3 Å². The van der Waals surface area contributed by atoms with E-state index < -0.39 is 11.6 Å². The molecule has 33 heavy (non-hydrogen) atoms. The van der Waals surface area contributed by atoms with Gasteiger partial charge in [0.05, 0.1) is 10.6 Å². The Kier molecular flexibility index (Phi) is 5.32.